The number of ether oxygens (including phenoxy) is 2. The number of rotatable bonds is 10. The summed E-state index contributed by atoms with van der Waals surface area (Å²) in [6.45, 7) is 6.01. The maximum absolute atomic E-state index is 13.2. The summed E-state index contributed by atoms with van der Waals surface area (Å²) in [6.07, 6.45) is 1.34. The SMILES string of the molecule is COCCNC(=O)c1csc(COc2ccc3c(c2)C(c2ccccc2)N(C(=O)CC(C)C)CC3)n1. The van der Waals surface area contributed by atoms with Crippen molar-refractivity contribution in [1.82, 2.24) is 15.2 Å². The number of methoxy groups -OCH3 is 1. The molecule has 7 nitrogen and oxygen atoms in total. The van der Waals surface area contributed by atoms with E-state index in [1.54, 1.807) is 12.5 Å². The van der Waals surface area contributed by atoms with Crippen molar-refractivity contribution in [2.24, 2.45) is 5.92 Å². The number of nitrogens with zero attached hydrogens (tertiary/aromatic N) is 2. The molecule has 0 radical (unpaired) electrons. The second-order valence-electron chi connectivity index (χ2n) is 9.27. The zero-order chi connectivity index (χ0) is 25.5. The van der Waals surface area contributed by atoms with Gasteiger partial charge < -0.3 is 19.7 Å². The third-order valence-electron chi connectivity index (χ3n) is 6.10. The standard InChI is InChI=1S/C28H33N3O4S/c1-19(2)15-26(32)31-13-11-20-9-10-22(16-23(20)27(31)21-7-5-4-6-8-21)35-17-25-30-24(18-36-25)28(33)29-12-14-34-3/h4-10,16,18-19,27H,11-15,17H2,1-3H3,(H,29,33). The molecule has 1 N–H and O–H groups in total. The predicted molar refractivity (Wildman–Crippen MR) is 140 cm³/mol. The van der Waals surface area contributed by atoms with Crippen LogP contribution >= 0.6 is 11.3 Å². The van der Waals surface area contributed by atoms with E-state index in [0.29, 0.717) is 43.5 Å². The smallest absolute Gasteiger partial charge is 0.270 e. The molecule has 1 aliphatic heterocycles. The summed E-state index contributed by atoms with van der Waals surface area (Å²) in [5, 5.41) is 5.23. The van der Waals surface area contributed by atoms with Crippen LogP contribution in [0.5, 0.6) is 5.75 Å². The monoisotopic (exact) mass is 507 g/mol. The van der Waals surface area contributed by atoms with Gasteiger partial charge >= 0.3 is 0 Å². The molecule has 1 unspecified atom stereocenters. The van der Waals surface area contributed by atoms with Gasteiger partial charge in [-0.25, -0.2) is 4.98 Å². The summed E-state index contributed by atoms with van der Waals surface area (Å²) >= 11 is 1.39. The van der Waals surface area contributed by atoms with Gasteiger partial charge in [-0.2, -0.15) is 0 Å². The number of benzene rings is 2. The van der Waals surface area contributed by atoms with Gasteiger partial charge in [-0.1, -0.05) is 50.2 Å². The van der Waals surface area contributed by atoms with Crippen molar-refractivity contribution >= 4 is 23.2 Å². The Morgan fingerprint density at radius 1 is 1.19 bits per heavy atom. The lowest BCUT2D eigenvalue weighted by Crippen LogP contribution is -2.41. The molecule has 8 heteroatoms. The Balaban J connectivity index is 1.52. The highest BCUT2D eigenvalue weighted by atomic mass is 32.1. The van der Waals surface area contributed by atoms with Crippen molar-refractivity contribution in [3.05, 3.63) is 81.3 Å². The summed E-state index contributed by atoms with van der Waals surface area (Å²) in [4.78, 5) is 31.8. The number of aromatic nitrogens is 1. The molecule has 2 heterocycles. The largest absolute Gasteiger partial charge is 0.486 e. The predicted octanol–water partition coefficient (Wildman–Crippen LogP) is 4.62. The lowest BCUT2D eigenvalue weighted by molar-refractivity contribution is -0.134. The van der Waals surface area contributed by atoms with Crippen molar-refractivity contribution in [1.29, 1.82) is 0 Å². The summed E-state index contributed by atoms with van der Waals surface area (Å²) in [5.41, 5.74) is 3.80. The van der Waals surface area contributed by atoms with Gasteiger partial charge in [-0.3, -0.25) is 9.59 Å². The lowest BCUT2D eigenvalue weighted by atomic mass is 9.87. The highest BCUT2D eigenvalue weighted by Gasteiger charge is 2.32. The van der Waals surface area contributed by atoms with E-state index in [2.05, 4.69) is 42.3 Å². The van der Waals surface area contributed by atoms with E-state index in [1.165, 1.54) is 16.9 Å². The number of carbonyl (C=O) groups is 2. The molecule has 0 saturated carbocycles. The quantitative estimate of drug-likeness (QED) is 0.405. The van der Waals surface area contributed by atoms with E-state index in [9.17, 15) is 9.59 Å². The Morgan fingerprint density at radius 2 is 2.00 bits per heavy atom. The first kappa shape index (κ1) is 25.9. The Morgan fingerprint density at radius 3 is 2.75 bits per heavy atom. The molecule has 0 spiro atoms. The molecular weight excluding hydrogens is 474 g/mol. The summed E-state index contributed by atoms with van der Waals surface area (Å²) in [6, 6.07) is 16.2. The molecule has 2 aromatic carbocycles. The van der Waals surface area contributed by atoms with Gasteiger partial charge in [-0.05, 0) is 41.2 Å². The van der Waals surface area contributed by atoms with E-state index in [-0.39, 0.29) is 24.5 Å². The van der Waals surface area contributed by atoms with Crippen molar-refractivity contribution < 1.29 is 19.1 Å². The van der Waals surface area contributed by atoms with Crippen LogP contribution in [0.15, 0.2) is 53.9 Å². The number of carbonyl (C=O) groups excluding carboxylic acids is 2. The topological polar surface area (TPSA) is 80.8 Å². The van der Waals surface area contributed by atoms with Crippen LogP contribution in [0.25, 0.3) is 0 Å². The van der Waals surface area contributed by atoms with E-state index in [4.69, 9.17) is 9.47 Å². The Kier molecular flexibility index (Phi) is 8.72. The van der Waals surface area contributed by atoms with Crippen LogP contribution in [0.1, 0.15) is 58.5 Å². The summed E-state index contributed by atoms with van der Waals surface area (Å²) in [7, 11) is 1.59. The molecule has 0 bridgehead atoms. The van der Waals surface area contributed by atoms with Gasteiger partial charge in [-0.15, -0.1) is 11.3 Å². The van der Waals surface area contributed by atoms with E-state index >= 15 is 0 Å². The second kappa shape index (κ2) is 12.1. The average molecular weight is 508 g/mol. The fraction of sp³-hybridized carbons (Fsp3) is 0.393. The zero-order valence-electron chi connectivity index (χ0n) is 21.0. The van der Waals surface area contributed by atoms with Gasteiger partial charge in [0.15, 0.2) is 0 Å². The van der Waals surface area contributed by atoms with Crippen molar-refractivity contribution in [3.63, 3.8) is 0 Å². The molecule has 3 aromatic rings. The van der Waals surface area contributed by atoms with Gasteiger partial charge in [0.25, 0.3) is 5.91 Å². The Labute approximate surface area is 216 Å². The third kappa shape index (κ3) is 6.30. The minimum Gasteiger partial charge on any atom is -0.486 e. The molecule has 1 aliphatic rings. The first-order valence-corrected chi connectivity index (χ1v) is 13.2. The van der Waals surface area contributed by atoms with E-state index < -0.39 is 0 Å². The van der Waals surface area contributed by atoms with Crippen LogP contribution in [0.4, 0.5) is 0 Å². The fourth-order valence-corrected chi connectivity index (χ4v) is 5.08. The molecule has 1 aromatic heterocycles. The van der Waals surface area contributed by atoms with Crippen LogP contribution < -0.4 is 10.1 Å². The van der Waals surface area contributed by atoms with Crippen molar-refractivity contribution in [2.75, 3.05) is 26.8 Å². The molecule has 0 aliphatic carbocycles. The highest BCUT2D eigenvalue weighted by molar-refractivity contribution is 7.09. The number of hydrogen-bond acceptors (Lipinski definition) is 6. The highest BCUT2D eigenvalue weighted by Crippen LogP contribution is 2.38. The van der Waals surface area contributed by atoms with Crippen molar-refractivity contribution in [3.8, 4) is 5.75 Å². The molecule has 2 amide bonds. The van der Waals surface area contributed by atoms with Gasteiger partial charge in [0.2, 0.25) is 5.91 Å². The van der Waals surface area contributed by atoms with Crippen LogP contribution in [0, 0.1) is 5.92 Å². The first-order valence-electron chi connectivity index (χ1n) is 12.3. The molecule has 0 fully saturated rings. The Hall–Kier alpha value is -3.23. The second-order valence-corrected chi connectivity index (χ2v) is 10.2. The van der Waals surface area contributed by atoms with Crippen LogP contribution in [0.2, 0.25) is 0 Å². The summed E-state index contributed by atoms with van der Waals surface area (Å²) in [5.74, 6) is 0.972. The van der Waals surface area contributed by atoms with E-state index in [0.717, 1.165) is 22.6 Å². The Bertz CT molecular complexity index is 1180. The third-order valence-corrected chi connectivity index (χ3v) is 6.92. The van der Waals surface area contributed by atoms with Crippen LogP contribution in [0.3, 0.4) is 0 Å². The summed E-state index contributed by atoms with van der Waals surface area (Å²) < 4.78 is 11.0. The van der Waals surface area contributed by atoms with Gasteiger partial charge in [0, 0.05) is 32.0 Å². The average Bonchev–Trinajstić information content (AvgIpc) is 3.36. The molecule has 0 saturated heterocycles. The molecule has 4 rings (SSSR count). The van der Waals surface area contributed by atoms with Crippen molar-refractivity contribution in [2.45, 2.75) is 39.3 Å². The lowest BCUT2D eigenvalue weighted by Gasteiger charge is -2.38. The van der Waals surface area contributed by atoms with Crippen LogP contribution in [-0.2, 0) is 22.6 Å². The zero-order valence-corrected chi connectivity index (χ0v) is 21.8. The maximum Gasteiger partial charge on any atom is 0.270 e. The number of thiazole rings is 1. The van der Waals surface area contributed by atoms with Gasteiger partial charge in [0.05, 0.1) is 12.6 Å². The number of hydrogen-bond donors (Lipinski definition) is 1. The minimum atomic E-state index is -0.222. The van der Waals surface area contributed by atoms with E-state index in [1.807, 2.05) is 35.2 Å². The first-order chi connectivity index (χ1) is 17.5. The van der Waals surface area contributed by atoms with Crippen LogP contribution in [-0.4, -0.2) is 48.5 Å². The number of fused-ring (bicyclic) bond motifs is 1. The minimum absolute atomic E-state index is 0.146. The molecule has 1 atom stereocenters. The molecule has 190 valence electrons. The fourth-order valence-electron chi connectivity index (χ4n) is 4.40. The normalized spacial score (nSPS) is 15.0. The van der Waals surface area contributed by atoms with Gasteiger partial charge in [0.1, 0.15) is 23.1 Å². The maximum atomic E-state index is 13.2. The molecule has 36 heavy (non-hydrogen) atoms. The number of amides is 2. The molecular formula is C28H33N3O4S. The number of nitrogens with one attached hydrogen (secondary N) is 1.